The zero-order valence-electron chi connectivity index (χ0n) is 7.44. The Kier molecular flexibility index (Phi) is 1.50. The third-order valence-electron chi connectivity index (χ3n) is 2.42. The predicted octanol–water partition coefficient (Wildman–Crippen LogP) is 1.84. The SMILES string of the molecule is Nc1cc(Cl)n2nc(C3CC3)cc2n1. The molecule has 0 saturated heterocycles. The second kappa shape index (κ2) is 2.60. The fraction of sp³-hybridized carbons (Fsp3) is 0.333. The summed E-state index contributed by atoms with van der Waals surface area (Å²) >= 11 is 5.98. The molecule has 2 aromatic heterocycles. The van der Waals surface area contributed by atoms with Crippen LogP contribution < -0.4 is 5.73 Å². The molecule has 3 rings (SSSR count). The molecule has 0 amide bonds. The van der Waals surface area contributed by atoms with Crippen molar-refractivity contribution in [1.82, 2.24) is 14.6 Å². The highest BCUT2D eigenvalue weighted by molar-refractivity contribution is 6.29. The minimum atomic E-state index is 0.435. The molecule has 2 aromatic rings. The van der Waals surface area contributed by atoms with Gasteiger partial charge < -0.3 is 5.73 Å². The maximum absolute atomic E-state index is 5.98. The van der Waals surface area contributed by atoms with Crippen LogP contribution in [-0.4, -0.2) is 14.6 Å². The molecular weight excluding hydrogens is 200 g/mol. The van der Waals surface area contributed by atoms with Crippen molar-refractivity contribution in [2.45, 2.75) is 18.8 Å². The van der Waals surface area contributed by atoms with Crippen LogP contribution in [0.1, 0.15) is 24.5 Å². The predicted molar refractivity (Wildman–Crippen MR) is 54.4 cm³/mol. The van der Waals surface area contributed by atoms with E-state index >= 15 is 0 Å². The number of hydrogen-bond donors (Lipinski definition) is 1. The Hall–Kier alpha value is -1.29. The van der Waals surface area contributed by atoms with Crippen molar-refractivity contribution in [2.75, 3.05) is 5.73 Å². The zero-order valence-corrected chi connectivity index (χ0v) is 8.20. The Morgan fingerprint density at radius 2 is 2.21 bits per heavy atom. The van der Waals surface area contributed by atoms with Gasteiger partial charge in [0.2, 0.25) is 0 Å². The highest BCUT2D eigenvalue weighted by Gasteiger charge is 2.26. The Labute approximate surface area is 85.7 Å². The first kappa shape index (κ1) is 8.05. The molecule has 1 aliphatic carbocycles. The highest BCUT2D eigenvalue weighted by Crippen LogP contribution is 2.39. The summed E-state index contributed by atoms with van der Waals surface area (Å²) < 4.78 is 1.63. The smallest absolute Gasteiger partial charge is 0.159 e. The normalized spacial score (nSPS) is 16.4. The van der Waals surface area contributed by atoms with Crippen molar-refractivity contribution in [2.24, 2.45) is 0 Å². The van der Waals surface area contributed by atoms with Gasteiger partial charge in [0, 0.05) is 18.1 Å². The highest BCUT2D eigenvalue weighted by atomic mass is 35.5. The molecule has 2 heterocycles. The van der Waals surface area contributed by atoms with E-state index in [1.807, 2.05) is 6.07 Å². The average molecular weight is 209 g/mol. The largest absolute Gasteiger partial charge is 0.384 e. The average Bonchev–Trinajstić information content (AvgIpc) is 2.87. The van der Waals surface area contributed by atoms with E-state index in [9.17, 15) is 0 Å². The molecule has 0 unspecified atom stereocenters. The first-order chi connectivity index (χ1) is 6.74. The molecule has 1 fully saturated rings. The van der Waals surface area contributed by atoms with Crippen molar-refractivity contribution in [1.29, 1.82) is 0 Å². The second-order valence-electron chi connectivity index (χ2n) is 3.62. The summed E-state index contributed by atoms with van der Waals surface area (Å²) in [5, 5.41) is 4.90. The van der Waals surface area contributed by atoms with Gasteiger partial charge in [-0.3, -0.25) is 0 Å². The van der Waals surface area contributed by atoms with E-state index in [4.69, 9.17) is 17.3 Å². The van der Waals surface area contributed by atoms with Crippen LogP contribution in [0.2, 0.25) is 5.15 Å². The first-order valence-electron chi connectivity index (χ1n) is 4.56. The van der Waals surface area contributed by atoms with Gasteiger partial charge in [-0.15, -0.1) is 0 Å². The van der Waals surface area contributed by atoms with Crippen LogP contribution in [0.4, 0.5) is 5.82 Å². The molecule has 4 nitrogen and oxygen atoms in total. The third-order valence-corrected chi connectivity index (χ3v) is 2.69. The first-order valence-corrected chi connectivity index (χ1v) is 4.93. The van der Waals surface area contributed by atoms with E-state index < -0.39 is 0 Å². The van der Waals surface area contributed by atoms with Crippen LogP contribution in [0.25, 0.3) is 5.65 Å². The van der Waals surface area contributed by atoms with Gasteiger partial charge in [-0.25, -0.2) is 9.50 Å². The van der Waals surface area contributed by atoms with Crippen LogP contribution in [0.3, 0.4) is 0 Å². The molecular formula is C9H9ClN4. The summed E-state index contributed by atoms with van der Waals surface area (Å²) in [7, 11) is 0. The molecule has 2 N–H and O–H groups in total. The lowest BCUT2D eigenvalue weighted by molar-refractivity contribution is 0.883. The van der Waals surface area contributed by atoms with E-state index in [2.05, 4.69) is 10.1 Å². The van der Waals surface area contributed by atoms with Gasteiger partial charge in [0.15, 0.2) is 5.65 Å². The van der Waals surface area contributed by atoms with Crippen LogP contribution in [0.5, 0.6) is 0 Å². The fourth-order valence-electron chi connectivity index (χ4n) is 1.55. The lowest BCUT2D eigenvalue weighted by atomic mass is 10.3. The van der Waals surface area contributed by atoms with Gasteiger partial charge in [-0.05, 0) is 12.8 Å². The van der Waals surface area contributed by atoms with Crippen molar-refractivity contribution < 1.29 is 0 Å². The second-order valence-corrected chi connectivity index (χ2v) is 4.00. The Morgan fingerprint density at radius 1 is 1.43 bits per heavy atom. The van der Waals surface area contributed by atoms with Gasteiger partial charge in [0.1, 0.15) is 11.0 Å². The number of aromatic nitrogens is 3. The molecule has 0 aliphatic heterocycles. The molecule has 0 atom stereocenters. The summed E-state index contributed by atoms with van der Waals surface area (Å²) in [6.07, 6.45) is 2.44. The number of nitrogen functional groups attached to an aromatic ring is 1. The van der Waals surface area contributed by atoms with Crippen LogP contribution in [-0.2, 0) is 0 Å². The summed E-state index contributed by atoms with van der Waals surface area (Å²) in [5.74, 6) is 1.04. The topological polar surface area (TPSA) is 56.2 Å². The Balaban J connectivity index is 2.26. The number of rotatable bonds is 1. The Morgan fingerprint density at radius 3 is 2.93 bits per heavy atom. The zero-order chi connectivity index (χ0) is 9.71. The number of anilines is 1. The van der Waals surface area contributed by atoms with Crippen molar-refractivity contribution >= 4 is 23.1 Å². The monoisotopic (exact) mass is 208 g/mol. The molecule has 72 valence electrons. The molecule has 1 aliphatic rings. The van der Waals surface area contributed by atoms with E-state index in [-0.39, 0.29) is 0 Å². The van der Waals surface area contributed by atoms with Gasteiger partial charge in [-0.2, -0.15) is 5.10 Å². The molecule has 0 radical (unpaired) electrons. The minimum Gasteiger partial charge on any atom is -0.384 e. The molecule has 0 aromatic carbocycles. The van der Waals surface area contributed by atoms with Crippen LogP contribution in [0.15, 0.2) is 12.1 Å². The van der Waals surface area contributed by atoms with Crippen LogP contribution in [0, 0.1) is 0 Å². The number of halogens is 1. The van der Waals surface area contributed by atoms with Gasteiger partial charge in [0.25, 0.3) is 0 Å². The summed E-state index contributed by atoms with van der Waals surface area (Å²) in [5.41, 5.74) is 7.40. The van der Waals surface area contributed by atoms with Crippen molar-refractivity contribution in [3.63, 3.8) is 0 Å². The number of hydrogen-bond acceptors (Lipinski definition) is 3. The summed E-state index contributed by atoms with van der Waals surface area (Å²) in [4.78, 5) is 4.16. The lowest BCUT2D eigenvalue weighted by Gasteiger charge is -1.96. The standard InChI is InChI=1S/C9H9ClN4/c10-7-4-8(11)12-9-3-6(5-1-2-5)13-14(7)9/h3-5H,1-2H2,(H2,11,12). The molecule has 0 bridgehead atoms. The Bertz CT molecular complexity index is 501. The van der Waals surface area contributed by atoms with E-state index in [1.165, 1.54) is 12.8 Å². The van der Waals surface area contributed by atoms with Gasteiger partial charge in [0.05, 0.1) is 5.69 Å². The molecule has 5 heteroatoms. The van der Waals surface area contributed by atoms with Gasteiger partial charge >= 0.3 is 0 Å². The minimum absolute atomic E-state index is 0.435. The van der Waals surface area contributed by atoms with E-state index in [1.54, 1.807) is 10.6 Å². The number of nitrogens with two attached hydrogens (primary N) is 1. The number of nitrogens with zero attached hydrogens (tertiary/aromatic N) is 3. The molecule has 1 saturated carbocycles. The maximum Gasteiger partial charge on any atom is 0.159 e. The maximum atomic E-state index is 5.98. The number of fused-ring (bicyclic) bond motifs is 1. The van der Waals surface area contributed by atoms with Gasteiger partial charge in [-0.1, -0.05) is 11.6 Å². The van der Waals surface area contributed by atoms with Crippen molar-refractivity contribution in [3.05, 3.63) is 23.0 Å². The quantitative estimate of drug-likeness (QED) is 0.728. The van der Waals surface area contributed by atoms with Crippen molar-refractivity contribution in [3.8, 4) is 0 Å². The van der Waals surface area contributed by atoms with E-state index in [0.29, 0.717) is 16.9 Å². The lowest BCUT2D eigenvalue weighted by Crippen LogP contribution is -1.96. The molecule has 14 heavy (non-hydrogen) atoms. The molecule has 0 spiro atoms. The third kappa shape index (κ3) is 1.14. The fourth-order valence-corrected chi connectivity index (χ4v) is 1.79. The van der Waals surface area contributed by atoms with E-state index in [0.717, 1.165) is 11.3 Å². The summed E-state index contributed by atoms with van der Waals surface area (Å²) in [6, 6.07) is 3.57. The van der Waals surface area contributed by atoms with Crippen LogP contribution >= 0.6 is 11.6 Å². The summed E-state index contributed by atoms with van der Waals surface area (Å²) in [6.45, 7) is 0.